The Morgan fingerprint density at radius 2 is 2.13 bits per heavy atom. The van der Waals surface area contributed by atoms with Crippen LogP contribution in [0.4, 0.5) is 0 Å². The number of aromatic nitrogens is 2. The number of hydrogen-bond donors (Lipinski definition) is 0. The predicted octanol–water partition coefficient (Wildman–Crippen LogP) is 2.12. The fourth-order valence-electron chi connectivity index (χ4n) is 1.73. The van der Waals surface area contributed by atoms with E-state index in [-0.39, 0.29) is 12.0 Å². The SMILES string of the molecule is CCc1c(C(=O)OC)c(C)nn1C(C)C. The highest BCUT2D eigenvalue weighted by Crippen LogP contribution is 2.19. The maximum Gasteiger partial charge on any atom is 0.341 e. The van der Waals surface area contributed by atoms with Crippen molar-refractivity contribution in [3.05, 3.63) is 17.0 Å². The molecular weight excluding hydrogens is 192 g/mol. The zero-order chi connectivity index (χ0) is 11.6. The van der Waals surface area contributed by atoms with E-state index in [9.17, 15) is 4.79 Å². The highest BCUT2D eigenvalue weighted by atomic mass is 16.5. The van der Waals surface area contributed by atoms with Crippen molar-refractivity contribution in [2.75, 3.05) is 7.11 Å². The minimum Gasteiger partial charge on any atom is -0.465 e. The topological polar surface area (TPSA) is 44.1 Å². The summed E-state index contributed by atoms with van der Waals surface area (Å²) in [6, 6.07) is 0.261. The van der Waals surface area contributed by atoms with E-state index in [4.69, 9.17) is 4.74 Å². The van der Waals surface area contributed by atoms with Gasteiger partial charge in [-0.05, 0) is 27.2 Å². The van der Waals surface area contributed by atoms with E-state index in [0.717, 1.165) is 17.8 Å². The van der Waals surface area contributed by atoms with Crippen LogP contribution in [0, 0.1) is 6.92 Å². The molecule has 15 heavy (non-hydrogen) atoms. The van der Waals surface area contributed by atoms with E-state index in [1.165, 1.54) is 7.11 Å². The van der Waals surface area contributed by atoms with Crippen LogP contribution in [0.2, 0.25) is 0 Å². The first kappa shape index (κ1) is 11.8. The Bertz CT molecular complexity index is 367. The van der Waals surface area contributed by atoms with Gasteiger partial charge in [-0.15, -0.1) is 0 Å². The molecule has 0 aliphatic heterocycles. The van der Waals surface area contributed by atoms with Crippen LogP contribution in [0.15, 0.2) is 0 Å². The number of methoxy groups -OCH3 is 1. The van der Waals surface area contributed by atoms with E-state index in [2.05, 4.69) is 5.10 Å². The summed E-state index contributed by atoms with van der Waals surface area (Å²) in [6.07, 6.45) is 0.781. The number of ether oxygens (including phenoxy) is 1. The molecule has 1 heterocycles. The first-order chi connectivity index (χ1) is 7.02. The second kappa shape index (κ2) is 4.47. The van der Waals surface area contributed by atoms with Crippen LogP contribution in [0.3, 0.4) is 0 Å². The average molecular weight is 210 g/mol. The smallest absolute Gasteiger partial charge is 0.341 e. The number of hydrogen-bond acceptors (Lipinski definition) is 3. The van der Waals surface area contributed by atoms with Crippen LogP contribution in [-0.2, 0) is 11.2 Å². The van der Waals surface area contributed by atoms with Crippen molar-refractivity contribution in [1.29, 1.82) is 0 Å². The molecule has 84 valence electrons. The third kappa shape index (κ3) is 2.03. The van der Waals surface area contributed by atoms with Gasteiger partial charge in [0.25, 0.3) is 0 Å². The van der Waals surface area contributed by atoms with Crippen LogP contribution < -0.4 is 0 Å². The van der Waals surface area contributed by atoms with Crippen molar-refractivity contribution in [2.24, 2.45) is 0 Å². The second-order valence-corrected chi connectivity index (χ2v) is 3.79. The summed E-state index contributed by atoms with van der Waals surface area (Å²) in [4.78, 5) is 11.6. The van der Waals surface area contributed by atoms with Gasteiger partial charge in [-0.2, -0.15) is 5.10 Å². The predicted molar refractivity (Wildman–Crippen MR) is 58.1 cm³/mol. The first-order valence-corrected chi connectivity index (χ1v) is 5.19. The Hall–Kier alpha value is -1.32. The molecule has 1 aromatic heterocycles. The molecule has 0 atom stereocenters. The van der Waals surface area contributed by atoms with E-state index < -0.39 is 0 Å². The van der Waals surface area contributed by atoms with Gasteiger partial charge in [0.1, 0.15) is 5.56 Å². The zero-order valence-corrected chi connectivity index (χ0v) is 10.00. The molecule has 1 rings (SSSR count). The van der Waals surface area contributed by atoms with Crippen LogP contribution >= 0.6 is 0 Å². The van der Waals surface area contributed by atoms with Gasteiger partial charge in [0.05, 0.1) is 18.5 Å². The molecule has 0 spiro atoms. The van der Waals surface area contributed by atoms with Crippen molar-refractivity contribution < 1.29 is 9.53 Å². The lowest BCUT2D eigenvalue weighted by molar-refractivity contribution is 0.0598. The van der Waals surface area contributed by atoms with Crippen molar-refractivity contribution in [3.63, 3.8) is 0 Å². The lowest BCUT2D eigenvalue weighted by atomic mass is 10.1. The number of aryl methyl sites for hydroxylation is 1. The van der Waals surface area contributed by atoms with Gasteiger partial charge in [-0.25, -0.2) is 4.79 Å². The molecule has 0 N–H and O–H groups in total. The molecule has 0 saturated carbocycles. The minimum absolute atomic E-state index is 0.261. The molecule has 0 amide bonds. The van der Waals surface area contributed by atoms with Gasteiger partial charge in [0.2, 0.25) is 0 Å². The molecule has 4 heteroatoms. The van der Waals surface area contributed by atoms with Gasteiger partial charge in [0.15, 0.2) is 0 Å². The molecule has 1 aromatic rings. The van der Waals surface area contributed by atoms with Gasteiger partial charge < -0.3 is 4.74 Å². The summed E-state index contributed by atoms with van der Waals surface area (Å²) in [6.45, 7) is 7.95. The van der Waals surface area contributed by atoms with Gasteiger partial charge in [0, 0.05) is 6.04 Å². The molecule has 0 aliphatic rings. The van der Waals surface area contributed by atoms with E-state index in [1.54, 1.807) is 0 Å². The minimum atomic E-state index is -0.295. The molecule has 0 aromatic carbocycles. The summed E-state index contributed by atoms with van der Waals surface area (Å²) in [5, 5.41) is 4.37. The number of rotatable bonds is 3. The van der Waals surface area contributed by atoms with Gasteiger partial charge in [-0.1, -0.05) is 6.92 Å². The van der Waals surface area contributed by atoms with Crippen molar-refractivity contribution in [3.8, 4) is 0 Å². The van der Waals surface area contributed by atoms with Crippen molar-refractivity contribution >= 4 is 5.97 Å². The number of carbonyl (C=O) groups excluding carboxylic acids is 1. The third-order valence-electron chi connectivity index (χ3n) is 2.40. The Kier molecular flexibility index (Phi) is 3.50. The molecule has 0 aliphatic carbocycles. The van der Waals surface area contributed by atoms with Crippen molar-refractivity contribution in [2.45, 2.75) is 40.2 Å². The van der Waals surface area contributed by atoms with Gasteiger partial charge >= 0.3 is 5.97 Å². The largest absolute Gasteiger partial charge is 0.465 e. The Balaban J connectivity index is 3.31. The molecule has 0 radical (unpaired) electrons. The second-order valence-electron chi connectivity index (χ2n) is 3.79. The monoisotopic (exact) mass is 210 g/mol. The molecule has 0 fully saturated rings. The molecule has 0 bridgehead atoms. The van der Waals surface area contributed by atoms with Crippen LogP contribution in [0.25, 0.3) is 0 Å². The van der Waals surface area contributed by atoms with E-state index in [1.807, 2.05) is 32.4 Å². The van der Waals surface area contributed by atoms with E-state index in [0.29, 0.717) is 5.56 Å². The Morgan fingerprint density at radius 1 is 1.53 bits per heavy atom. The first-order valence-electron chi connectivity index (χ1n) is 5.19. The zero-order valence-electron chi connectivity index (χ0n) is 10.00. The lowest BCUT2D eigenvalue weighted by Gasteiger charge is -2.10. The summed E-state index contributed by atoms with van der Waals surface area (Å²) in [5.74, 6) is -0.295. The summed E-state index contributed by atoms with van der Waals surface area (Å²) < 4.78 is 6.65. The van der Waals surface area contributed by atoms with Crippen LogP contribution in [-0.4, -0.2) is 22.9 Å². The molecule has 0 saturated heterocycles. The number of nitrogens with zero attached hydrogens (tertiary/aromatic N) is 2. The summed E-state index contributed by atoms with van der Waals surface area (Å²) in [5.41, 5.74) is 2.32. The highest BCUT2D eigenvalue weighted by Gasteiger charge is 2.21. The van der Waals surface area contributed by atoms with Gasteiger partial charge in [-0.3, -0.25) is 4.68 Å². The van der Waals surface area contributed by atoms with Crippen LogP contribution in [0.5, 0.6) is 0 Å². The summed E-state index contributed by atoms with van der Waals surface area (Å²) >= 11 is 0. The van der Waals surface area contributed by atoms with Crippen LogP contribution in [0.1, 0.15) is 48.6 Å². The molecule has 4 nitrogen and oxygen atoms in total. The number of esters is 1. The normalized spacial score (nSPS) is 10.8. The van der Waals surface area contributed by atoms with E-state index >= 15 is 0 Å². The molecule has 0 unspecified atom stereocenters. The molecular formula is C11H18N2O2. The Labute approximate surface area is 90.2 Å². The third-order valence-corrected chi connectivity index (χ3v) is 2.40. The van der Waals surface area contributed by atoms with Crippen molar-refractivity contribution in [1.82, 2.24) is 9.78 Å². The fourth-order valence-corrected chi connectivity index (χ4v) is 1.73. The average Bonchev–Trinajstić information content (AvgIpc) is 2.54. The Morgan fingerprint density at radius 3 is 2.53 bits per heavy atom. The summed E-state index contributed by atoms with van der Waals surface area (Å²) in [7, 11) is 1.40. The maximum absolute atomic E-state index is 11.6. The lowest BCUT2D eigenvalue weighted by Crippen LogP contribution is -2.10. The quantitative estimate of drug-likeness (QED) is 0.718. The number of carbonyl (C=O) groups is 1. The maximum atomic E-state index is 11.6. The fraction of sp³-hybridized carbons (Fsp3) is 0.636. The standard InChI is InChI=1S/C11H18N2O2/c1-6-9-10(11(14)15-5)8(4)12-13(9)7(2)3/h7H,6H2,1-5H3. The highest BCUT2D eigenvalue weighted by molar-refractivity contribution is 5.91.